The highest BCUT2D eigenvalue weighted by Crippen LogP contribution is 2.11. The second kappa shape index (κ2) is 3.86. The van der Waals surface area contributed by atoms with Crippen molar-refractivity contribution in [2.24, 2.45) is 0 Å². The van der Waals surface area contributed by atoms with Crippen LogP contribution in [0.5, 0.6) is 0 Å². The standard InChI is InChI=1S/C10H8ClN3O2/c11-6-1-3-7(4-2-6)14-5-8(12)9(15)13-10(14)16/h1-5H,12H2,(H,13,15,16). The lowest BCUT2D eigenvalue weighted by atomic mass is 10.3. The normalized spacial score (nSPS) is 10.3. The monoisotopic (exact) mass is 237 g/mol. The Labute approximate surface area is 95.1 Å². The highest BCUT2D eigenvalue weighted by atomic mass is 35.5. The first-order chi connectivity index (χ1) is 7.58. The molecule has 0 atom stereocenters. The number of benzene rings is 1. The molecule has 16 heavy (non-hydrogen) atoms. The van der Waals surface area contributed by atoms with Crippen LogP contribution in [-0.2, 0) is 0 Å². The zero-order valence-corrected chi connectivity index (χ0v) is 8.86. The molecule has 0 aliphatic carbocycles. The van der Waals surface area contributed by atoms with E-state index in [4.69, 9.17) is 17.3 Å². The molecule has 0 aliphatic rings. The largest absolute Gasteiger partial charge is 0.393 e. The van der Waals surface area contributed by atoms with Gasteiger partial charge in [-0.2, -0.15) is 0 Å². The van der Waals surface area contributed by atoms with Crippen molar-refractivity contribution in [2.45, 2.75) is 0 Å². The van der Waals surface area contributed by atoms with Gasteiger partial charge >= 0.3 is 5.69 Å². The van der Waals surface area contributed by atoms with E-state index >= 15 is 0 Å². The molecule has 0 radical (unpaired) electrons. The fourth-order valence-corrected chi connectivity index (χ4v) is 1.41. The molecular formula is C10H8ClN3O2. The fourth-order valence-electron chi connectivity index (χ4n) is 1.28. The average molecular weight is 238 g/mol. The van der Waals surface area contributed by atoms with Crippen molar-refractivity contribution in [1.82, 2.24) is 9.55 Å². The second-order valence-corrected chi connectivity index (χ2v) is 3.63. The number of nitrogens with one attached hydrogen (secondary N) is 1. The Morgan fingerprint density at radius 2 is 1.81 bits per heavy atom. The number of aromatic nitrogens is 2. The van der Waals surface area contributed by atoms with Gasteiger partial charge in [0, 0.05) is 11.2 Å². The van der Waals surface area contributed by atoms with Crippen molar-refractivity contribution in [1.29, 1.82) is 0 Å². The number of hydrogen-bond acceptors (Lipinski definition) is 3. The number of nitrogen functional groups attached to an aromatic ring is 1. The first-order valence-corrected chi connectivity index (χ1v) is 4.83. The van der Waals surface area contributed by atoms with Gasteiger partial charge in [-0.1, -0.05) is 11.6 Å². The number of rotatable bonds is 1. The van der Waals surface area contributed by atoms with Gasteiger partial charge in [0.05, 0.1) is 5.69 Å². The van der Waals surface area contributed by atoms with Gasteiger partial charge in [-0.15, -0.1) is 0 Å². The summed E-state index contributed by atoms with van der Waals surface area (Å²) in [5.74, 6) is 0. The van der Waals surface area contributed by atoms with Crippen LogP contribution in [0.1, 0.15) is 0 Å². The summed E-state index contributed by atoms with van der Waals surface area (Å²) in [6, 6.07) is 6.60. The van der Waals surface area contributed by atoms with Gasteiger partial charge in [-0.25, -0.2) is 4.79 Å². The highest BCUT2D eigenvalue weighted by Gasteiger charge is 2.03. The quantitative estimate of drug-likeness (QED) is 0.768. The van der Waals surface area contributed by atoms with Crippen molar-refractivity contribution in [3.63, 3.8) is 0 Å². The summed E-state index contributed by atoms with van der Waals surface area (Å²) in [4.78, 5) is 24.7. The molecule has 0 spiro atoms. The zero-order chi connectivity index (χ0) is 11.7. The van der Waals surface area contributed by atoms with Crippen LogP contribution in [-0.4, -0.2) is 9.55 Å². The Morgan fingerprint density at radius 3 is 2.44 bits per heavy atom. The molecule has 2 aromatic rings. The van der Waals surface area contributed by atoms with Crippen LogP contribution >= 0.6 is 11.6 Å². The molecule has 0 amide bonds. The molecule has 0 aliphatic heterocycles. The average Bonchev–Trinajstić information content (AvgIpc) is 2.25. The molecule has 0 bridgehead atoms. The summed E-state index contributed by atoms with van der Waals surface area (Å²) in [6.07, 6.45) is 1.28. The highest BCUT2D eigenvalue weighted by molar-refractivity contribution is 6.30. The minimum Gasteiger partial charge on any atom is -0.393 e. The van der Waals surface area contributed by atoms with Crippen molar-refractivity contribution >= 4 is 17.3 Å². The maximum atomic E-state index is 11.5. The lowest BCUT2D eigenvalue weighted by molar-refractivity contribution is 0.901. The Morgan fingerprint density at radius 1 is 1.19 bits per heavy atom. The van der Waals surface area contributed by atoms with Crippen LogP contribution in [0.25, 0.3) is 5.69 Å². The SMILES string of the molecule is Nc1cn(-c2ccc(Cl)cc2)c(=O)[nH]c1=O. The molecule has 0 saturated carbocycles. The van der Waals surface area contributed by atoms with Gasteiger partial charge in [0.2, 0.25) is 0 Å². The Balaban J connectivity index is 2.65. The third-order valence-electron chi connectivity index (χ3n) is 2.07. The van der Waals surface area contributed by atoms with E-state index in [1.807, 2.05) is 0 Å². The van der Waals surface area contributed by atoms with Crippen molar-refractivity contribution in [3.8, 4) is 5.69 Å². The van der Waals surface area contributed by atoms with E-state index in [2.05, 4.69) is 4.98 Å². The van der Waals surface area contributed by atoms with E-state index in [0.29, 0.717) is 10.7 Å². The van der Waals surface area contributed by atoms with E-state index in [1.54, 1.807) is 24.3 Å². The molecule has 5 nitrogen and oxygen atoms in total. The number of aromatic amines is 1. The van der Waals surface area contributed by atoms with Crippen molar-refractivity contribution in [2.75, 3.05) is 5.73 Å². The molecule has 0 saturated heterocycles. The lowest BCUT2D eigenvalue weighted by Crippen LogP contribution is -2.29. The summed E-state index contributed by atoms with van der Waals surface area (Å²) in [5, 5.41) is 0.564. The van der Waals surface area contributed by atoms with E-state index in [1.165, 1.54) is 10.8 Å². The minimum absolute atomic E-state index is 0.0189. The van der Waals surface area contributed by atoms with Gasteiger partial charge in [0.15, 0.2) is 0 Å². The fraction of sp³-hybridized carbons (Fsp3) is 0. The molecule has 82 valence electrons. The third kappa shape index (κ3) is 1.85. The van der Waals surface area contributed by atoms with E-state index in [0.717, 1.165) is 0 Å². The maximum absolute atomic E-state index is 11.5. The molecular weight excluding hydrogens is 230 g/mol. The zero-order valence-electron chi connectivity index (χ0n) is 8.11. The molecule has 2 rings (SSSR count). The molecule has 6 heteroatoms. The van der Waals surface area contributed by atoms with E-state index < -0.39 is 11.2 Å². The van der Waals surface area contributed by atoms with Crippen LogP contribution < -0.4 is 17.0 Å². The van der Waals surface area contributed by atoms with Gasteiger partial charge in [0.1, 0.15) is 5.69 Å². The van der Waals surface area contributed by atoms with Crippen molar-refractivity contribution in [3.05, 3.63) is 56.3 Å². The van der Waals surface area contributed by atoms with Crippen LogP contribution in [0.3, 0.4) is 0 Å². The number of anilines is 1. The molecule has 1 aromatic heterocycles. The predicted molar refractivity (Wildman–Crippen MR) is 62.1 cm³/mol. The molecule has 0 fully saturated rings. The van der Waals surface area contributed by atoms with Crippen LogP contribution in [0, 0.1) is 0 Å². The van der Waals surface area contributed by atoms with Crippen LogP contribution in [0.2, 0.25) is 5.02 Å². The van der Waals surface area contributed by atoms with Gasteiger partial charge in [-0.05, 0) is 24.3 Å². The summed E-state index contributed by atoms with van der Waals surface area (Å²) in [5.41, 5.74) is 4.86. The van der Waals surface area contributed by atoms with Crippen LogP contribution in [0.15, 0.2) is 40.1 Å². The maximum Gasteiger partial charge on any atom is 0.333 e. The van der Waals surface area contributed by atoms with E-state index in [-0.39, 0.29) is 5.69 Å². The van der Waals surface area contributed by atoms with E-state index in [9.17, 15) is 9.59 Å². The Bertz CT molecular complexity index is 628. The third-order valence-corrected chi connectivity index (χ3v) is 2.33. The number of nitrogens with two attached hydrogens (primary N) is 1. The molecule has 1 heterocycles. The molecule has 3 N–H and O–H groups in total. The predicted octanol–water partition coefficient (Wildman–Crippen LogP) is 0.761. The van der Waals surface area contributed by atoms with Crippen molar-refractivity contribution < 1.29 is 0 Å². The summed E-state index contributed by atoms with van der Waals surface area (Å²) >= 11 is 5.73. The summed E-state index contributed by atoms with van der Waals surface area (Å²) < 4.78 is 1.24. The number of hydrogen-bond donors (Lipinski definition) is 2. The summed E-state index contributed by atoms with van der Waals surface area (Å²) in [6.45, 7) is 0. The summed E-state index contributed by atoms with van der Waals surface area (Å²) in [7, 11) is 0. The van der Waals surface area contributed by atoms with Gasteiger partial charge < -0.3 is 5.73 Å². The minimum atomic E-state index is -0.588. The molecule has 0 unspecified atom stereocenters. The number of H-pyrrole nitrogens is 1. The Kier molecular flexibility index (Phi) is 2.54. The molecule has 1 aromatic carbocycles. The van der Waals surface area contributed by atoms with Crippen LogP contribution in [0.4, 0.5) is 5.69 Å². The second-order valence-electron chi connectivity index (χ2n) is 3.19. The smallest absolute Gasteiger partial charge is 0.333 e. The first-order valence-electron chi connectivity index (χ1n) is 4.45. The number of nitrogens with zero attached hydrogens (tertiary/aromatic N) is 1. The topological polar surface area (TPSA) is 80.9 Å². The van der Waals surface area contributed by atoms with Gasteiger partial charge in [0.25, 0.3) is 5.56 Å². The lowest BCUT2D eigenvalue weighted by Gasteiger charge is -2.05. The Hall–Kier alpha value is -2.01. The number of halogens is 1. The van der Waals surface area contributed by atoms with Gasteiger partial charge in [-0.3, -0.25) is 14.3 Å². The first kappa shape index (κ1) is 10.5.